The van der Waals surface area contributed by atoms with Crippen LogP contribution < -0.4 is 19.1 Å². The Labute approximate surface area is 215 Å². The molecule has 0 heterocycles. The van der Waals surface area contributed by atoms with Crippen molar-refractivity contribution in [3.8, 4) is 11.5 Å². The summed E-state index contributed by atoms with van der Waals surface area (Å²) in [5.74, 6) is 0.475. The van der Waals surface area contributed by atoms with Crippen LogP contribution >= 0.6 is 11.6 Å². The predicted molar refractivity (Wildman–Crippen MR) is 141 cm³/mol. The molecule has 4 aromatic carbocycles. The lowest BCUT2D eigenvalue weighted by Gasteiger charge is -2.26. The molecule has 0 unspecified atom stereocenters. The molecule has 36 heavy (non-hydrogen) atoms. The fraction of sp³-hybridized carbons (Fsp3) is 0.148. The summed E-state index contributed by atoms with van der Waals surface area (Å²) in [6.45, 7) is -0.0676. The molecular formula is C27H25ClN2O5S. The SMILES string of the molecule is COc1ccc(Cl)cc1N(CC(=O)NCCOc1cccc2ccccc12)S(=O)(=O)c1ccccc1. The first kappa shape index (κ1) is 25.3. The monoisotopic (exact) mass is 524 g/mol. The lowest BCUT2D eigenvalue weighted by molar-refractivity contribution is -0.119. The van der Waals surface area contributed by atoms with Crippen molar-refractivity contribution in [1.29, 1.82) is 0 Å². The van der Waals surface area contributed by atoms with E-state index in [2.05, 4.69) is 5.32 Å². The van der Waals surface area contributed by atoms with Gasteiger partial charge in [0.05, 0.1) is 24.2 Å². The summed E-state index contributed by atoms with van der Waals surface area (Å²) in [7, 11) is -2.67. The van der Waals surface area contributed by atoms with E-state index in [4.69, 9.17) is 21.1 Å². The minimum absolute atomic E-state index is 0.0408. The average molecular weight is 525 g/mol. The number of ether oxygens (including phenoxy) is 2. The Morgan fingerprint density at radius 3 is 2.42 bits per heavy atom. The van der Waals surface area contributed by atoms with E-state index >= 15 is 0 Å². The number of rotatable bonds is 10. The lowest BCUT2D eigenvalue weighted by Crippen LogP contribution is -2.42. The van der Waals surface area contributed by atoms with Crippen LogP contribution in [-0.2, 0) is 14.8 Å². The number of fused-ring (bicyclic) bond motifs is 1. The van der Waals surface area contributed by atoms with Gasteiger partial charge in [0.25, 0.3) is 10.0 Å². The maximum atomic E-state index is 13.5. The number of amides is 1. The molecule has 4 rings (SSSR count). The second kappa shape index (κ2) is 11.3. The van der Waals surface area contributed by atoms with Gasteiger partial charge in [-0.1, -0.05) is 66.2 Å². The minimum atomic E-state index is -4.09. The van der Waals surface area contributed by atoms with Gasteiger partial charge in [0.2, 0.25) is 5.91 Å². The molecule has 0 aromatic heterocycles. The van der Waals surface area contributed by atoms with E-state index in [1.807, 2.05) is 42.5 Å². The molecule has 0 atom stereocenters. The fourth-order valence-electron chi connectivity index (χ4n) is 3.74. The Hall–Kier alpha value is -3.75. The molecule has 0 bridgehead atoms. The van der Waals surface area contributed by atoms with E-state index in [1.54, 1.807) is 30.3 Å². The number of carbonyl (C=O) groups is 1. The second-order valence-corrected chi connectivity index (χ2v) is 10.1. The third kappa shape index (κ3) is 5.72. The number of nitrogens with zero attached hydrogens (tertiary/aromatic N) is 1. The number of hydrogen-bond donors (Lipinski definition) is 1. The van der Waals surface area contributed by atoms with Gasteiger partial charge < -0.3 is 14.8 Å². The Kier molecular flexibility index (Phi) is 7.97. The normalized spacial score (nSPS) is 11.2. The Bertz CT molecular complexity index is 1460. The third-order valence-corrected chi connectivity index (χ3v) is 7.47. The molecule has 0 aliphatic rings. The molecule has 0 saturated carbocycles. The number of nitrogens with one attached hydrogen (secondary N) is 1. The fourth-order valence-corrected chi connectivity index (χ4v) is 5.35. The summed E-state index contributed by atoms with van der Waals surface area (Å²) in [4.78, 5) is 12.9. The molecule has 0 radical (unpaired) electrons. The molecule has 0 aliphatic carbocycles. The van der Waals surface area contributed by atoms with E-state index in [0.29, 0.717) is 10.8 Å². The van der Waals surface area contributed by atoms with Crippen LogP contribution in [0.2, 0.25) is 5.02 Å². The van der Waals surface area contributed by atoms with Gasteiger partial charge in [0.15, 0.2) is 0 Å². The van der Waals surface area contributed by atoms with E-state index in [-0.39, 0.29) is 29.5 Å². The van der Waals surface area contributed by atoms with Crippen LogP contribution in [0, 0.1) is 0 Å². The topological polar surface area (TPSA) is 84.9 Å². The van der Waals surface area contributed by atoms with Gasteiger partial charge >= 0.3 is 0 Å². The molecule has 9 heteroatoms. The summed E-state index contributed by atoms with van der Waals surface area (Å²) in [5.41, 5.74) is 0.163. The molecule has 186 valence electrons. The Morgan fingerprint density at radius 1 is 0.917 bits per heavy atom. The number of carbonyl (C=O) groups excluding carboxylic acids is 1. The molecule has 4 aromatic rings. The van der Waals surface area contributed by atoms with Gasteiger partial charge in [-0.05, 0) is 41.8 Å². The Morgan fingerprint density at radius 2 is 1.64 bits per heavy atom. The van der Waals surface area contributed by atoms with Gasteiger partial charge in [0.1, 0.15) is 24.7 Å². The first-order valence-corrected chi connectivity index (χ1v) is 13.0. The summed E-state index contributed by atoms with van der Waals surface area (Å²) in [6, 6.07) is 26.1. The number of methoxy groups -OCH3 is 1. The van der Waals surface area contributed by atoms with Gasteiger partial charge in [-0.2, -0.15) is 0 Å². The molecular weight excluding hydrogens is 500 g/mol. The van der Waals surface area contributed by atoms with Crippen LogP contribution in [0.5, 0.6) is 11.5 Å². The van der Waals surface area contributed by atoms with E-state index in [1.165, 1.54) is 25.3 Å². The first-order chi connectivity index (χ1) is 17.4. The van der Waals surface area contributed by atoms with E-state index in [9.17, 15) is 13.2 Å². The Balaban J connectivity index is 1.49. The molecule has 0 spiro atoms. The summed E-state index contributed by atoms with van der Waals surface area (Å²) >= 11 is 6.16. The number of benzene rings is 4. The standard InChI is InChI=1S/C27H25ClN2O5S/c1-34-26-15-14-21(28)18-24(26)30(36(32,33)22-10-3-2-4-11-22)19-27(31)29-16-17-35-25-13-7-9-20-8-5-6-12-23(20)25/h2-15,18H,16-17,19H2,1H3,(H,29,31). The highest BCUT2D eigenvalue weighted by atomic mass is 35.5. The highest BCUT2D eigenvalue weighted by molar-refractivity contribution is 7.92. The van der Waals surface area contributed by atoms with Crippen molar-refractivity contribution >= 4 is 44.0 Å². The molecule has 0 fully saturated rings. The lowest BCUT2D eigenvalue weighted by atomic mass is 10.1. The zero-order chi connectivity index (χ0) is 25.5. The number of sulfonamides is 1. The van der Waals surface area contributed by atoms with Gasteiger partial charge in [-0.15, -0.1) is 0 Å². The summed E-state index contributed by atoms with van der Waals surface area (Å²) < 4.78 is 39.2. The van der Waals surface area contributed by atoms with Crippen molar-refractivity contribution in [1.82, 2.24) is 5.32 Å². The van der Waals surface area contributed by atoms with Gasteiger partial charge in [0, 0.05) is 10.4 Å². The van der Waals surface area contributed by atoms with Crippen LogP contribution in [0.3, 0.4) is 0 Å². The van der Waals surface area contributed by atoms with Crippen molar-refractivity contribution in [2.75, 3.05) is 31.1 Å². The maximum Gasteiger partial charge on any atom is 0.264 e. The van der Waals surface area contributed by atoms with E-state index < -0.39 is 22.5 Å². The zero-order valence-corrected chi connectivity index (χ0v) is 21.1. The second-order valence-electron chi connectivity index (χ2n) is 7.82. The van der Waals surface area contributed by atoms with Crippen molar-refractivity contribution < 1.29 is 22.7 Å². The number of halogens is 1. The van der Waals surface area contributed by atoms with E-state index in [0.717, 1.165) is 15.1 Å². The molecule has 0 aliphatic heterocycles. The summed E-state index contributed by atoms with van der Waals surface area (Å²) in [5, 5.41) is 5.07. The molecule has 0 saturated heterocycles. The average Bonchev–Trinajstić information content (AvgIpc) is 2.90. The molecule has 7 nitrogen and oxygen atoms in total. The smallest absolute Gasteiger partial charge is 0.264 e. The summed E-state index contributed by atoms with van der Waals surface area (Å²) in [6.07, 6.45) is 0. The quantitative estimate of drug-likeness (QED) is 0.298. The minimum Gasteiger partial charge on any atom is -0.495 e. The molecule has 1 N–H and O–H groups in total. The number of hydrogen-bond acceptors (Lipinski definition) is 5. The highest BCUT2D eigenvalue weighted by Gasteiger charge is 2.29. The van der Waals surface area contributed by atoms with Crippen molar-refractivity contribution in [2.45, 2.75) is 4.90 Å². The van der Waals surface area contributed by atoms with Crippen LogP contribution in [0.1, 0.15) is 0 Å². The van der Waals surface area contributed by atoms with Crippen LogP contribution in [0.25, 0.3) is 10.8 Å². The third-order valence-electron chi connectivity index (χ3n) is 5.46. The highest BCUT2D eigenvalue weighted by Crippen LogP contribution is 2.34. The molecule has 1 amide bonds. The van der Waals surface area contributed by atoms with Crippen LogP contribution in [0.4, 0.5) is 5.69 Å². The first-order valence-electron chi connectivity index (χ1n) is 11.2. The van der Waals surface area contributed by atoms with Crippen molar-refractivity contribution in [3.63, 3.8) is 0 Å². The largest absolute Gasteiger partial charge is 0.495 e. The zero-order valence-electron chi connectivity index (χ0n) is 19.6. The number of anilines is 1. The van der Waals surface area contributed by atoms with Crippen LogP contribution in [0.15, 0.2) is 95.9 Å². The van der Waals surface area contributed by atoms with Gasteiger partial charge in [-0.3, -0.25) is 9.10 Å². The predicted octanol–water partition coefficient (Wildman–Crippen LogP) is 4.89. The maximum absolute atomic E-state index is 13.5. The van der Waals surface area contributed by atoms with Gasteiger partial charge in [-0.25, -0.2) is 8.42 Å². The van der Waals surface area contributed by atoms with Crippen LogP contribution in [-0.4, -0.2) is 41.1 Å². The van der Waals surface area contributed by atoms with Crippen molar-refractivity contribution in [2.24, 2.45) is 0 Å². The van der Waals surface area contributed by atoms with Crippen molar-refractivity contribution in [3.05, 3.63) is 96.0 Å².